The average Bonchev–Trinajstić information content (AvgIpc) is 1.61. The summed E-state index contributed by atoms with van der Waals surface area (Å²) in [5.41, 5.74) is 0. The first-order chi connectivity index (χ1) is 2.91. The van der Waals surface area contributed by atoms with Gasteiger partial charge >= 0.3 is 46.1 Å². The Hall–Kier alpha value is 2.26. The minimum atomic E-state index is 0. The Bertz CT molecular complexity index is 31.6. The van der Waals surface area contributed by atoms with Crippen molar-refractivity contribution in [2.24, 2.45) is 0 Å². The molecule has 0 amide bonds. The first-order valence-electron chi connectivity index (χ1n) is 2.29. The number of halogens is 2. The molecule has 5 heteroatoms. The van der Waals surface area contributed by atoms with E-state index < -0.39 is 0 Å². The number of hydrogen-bond acceptors (Lipinski definition) is 1. The van der Waals surface area contributed by atoms with Crippen LogP contribution in [0.2, 0.25) is 0 Å². The Labute approximate surface area is 112 Å². The van der Waals surface area contributed by atoms with Gasteiger partial charge in [-0.1, -0.05) is 12.8 Å². The molecule has 0 saturated carbocycles. The second kappa shape index (κ2) is 30.2. The standard InChI is InChI=1S/C5H10O.BrH.ClH.2Mg/c1-2-3-4-5-6;;;;/h1-5H2;2*1H;;/q-2;;;2*+2/p-2. The van der Waals surface area contributed by atoms with Gasteiger partial charge in [0.1, 0.15) is 0 Å². The van der Waals surface area contributed by atoms with E-state index in [1.807, 2.05) is 0 Å². The molecular formula is C5H10BrClMg2O. The van der Waals surface area contributed by atoms with Crippen LogP contribution in [0.1, 0.15) is 19.3 Å². The Morgan fingerprint density at radius 3 is 1.60 bits per heavy atom. The van der Waals surface area contributed by atoms with Gasteiger partial charge in [-0.2, -0.15) is 6.42 Å². The van der Waals surface area contributed by atoms with Crippen LogP contribution in [0, 0.1) is 6.92 Å². The third-order valence-electron chi connectivity index (χ3n) is 0.644. The van der Waals surface area contributed by atoms with Crippen LogP contribution in [0.15, 0.2) is 0 Å². The zero-order valence-corrected chi connectivity index (χ0v) is 11.3. The molecule has 10 heavy (non-hydrogen) atoms. The topological polar surface area (TPSA) is 23.1 Å². The molecule has 0 aromatic carbocycles. The molecule has 0 atom stereocenters. The van der Waals surface area contributed by atoms with E-state index in [1.165, 1.54) is 0 Å². The molecule has 0 aliphatic rings. The minimum absolute atomic E-state index is 0. The third kappa shape index (κ3) is 31.8. The fraction of sp³-hybridized carbons (Fsp3) is 0.800. The number of unbranched alkanes of at least 4 members (excludes halogenated alkanes) is 2. The molecule has 0 radical (unpaired) electrons. The Balaban J connectivity index is -0.0000000208. The van der Waals surface area contributed by atoms with E-state index in [1.54, 1.807) is 0 Å². The van der Waals surface area contributed by atoms with Gasteiger partial charge < -0.3 is 41.4 Å². The van der Waals surface area contributed by atoms with Gasteiger partial charge in [0.15, 0.2) is 0 Å². The van der Waals surface area contributed by atoms with E-state index in [0.717, 1.165) is 19.3 Å². The van der Waals surface area contributed by atoms with Crippen LogP contribution in [-0.4, -0.2) is 52.7 Å². The Kier molecular flexibility index (Phi) is 89.2. The maximum Gasteiger partial charge on any atom is 2.00 e. The summed E-state index contributed by atoms with van der Waals surface area (Å²) >= 11 is 0. The maximum absolute atomic E-state index is 9.66. The summed E-state index contributed by atoms with van der Waals surface area (Å²) < 4.78 is 0. The van der Waals surface area contributed by atoms with Crippen LogP contribution in [0.3, 0.4) is 0 Å². The molecule has 0 rings (SSSR count). The molecular weight excluding hydrogens is 240 g/mol. The molecule has 0 aromatic heterocycles. The summed E-state index contributed by atoms with van der Waals surface area (Å²) in [6, 6.07) is 0. The van der Waals surface area contributed by atoms with Crippen molar-refractivity contribution < 1.29 is 34.5 Å². The van der Waals surface area contributed by atoms with Crippen molar-refractivity contribution in [2.45, 2.75) is 19.3 Å². The molecule has 0 heterocycles. The zero-order valence-electron chi connectivity index (χ0n) is 6.11. The maximum atomic E-state index is 9.66. The van der Waals surface area contributed by atoms with Gasteiger partial charge in [-0.15, -0.1) is 6.61 Å². The van der Waals surface area contributed by atoms with Crippen molar-refractivity contribution in [1.29, 1.82) is 0 Å². The van der Waals surface area contributed by atoms with E-state index in [9.17, 15) is 5.11 Å². The van der Waals surface area contributed by atoms with Crippen molar-refractivity contribution in [3.63, 3.8) is 0 Å². The molecule has 0 aliphatic carbocycles. The van der Waals surface area contributed by atoms with Gasteiger partial charge in [0.05, 0.1) is 0 Å². The molecule has 0 aromatic rings. The second-order valence-corrected chi connectivity index (χ2v) is 1.26. The molecule has 0 N–H and O–H groups in total. The first kappa shape index (κ1) is 29.5. The van der Waals surface area contributed by atoms with Crippen LogP contribution in [0.25, 0.3) is 0 Å². The van der Waals surface area contributed by atoms with Crippen molar-refractivity contribution >= 4 is 46.1 Å². The van der Waals surface area contributed by atoms with Gasteiger partial charge in [-0.05, 0) is 0 Å². The van der Waals surface area contributed by atoms with Gasteiger partial charge in [-0.3, -0.25) is 0 Å². The largest absolute Gasteiger partial charge is 2.00 e. The number of hydrogen-bond donors (Lipinski definition) is 0. The summed E-state index contributed by atoms with van der Waals surface area (Å²) in [5.74, 6) is 0. The first-order valence-corrected chi connectivity index (χ1v) is 2.29. The minimum Gasteiger partial charge on any atom is -1.00 e. The van der Waals surface area contributed by atoms with E-state index >= 15 is 0 Å². The van der Waals surface area contributed by atoms with Gasteiger partial charge in [0.25, 0.3) is 0 Å². The average molecular weight is 250 g/mol. The predicted octanol–water partition coefficient (Wildman–Crippen LogP) is -6.40. The summed E-state index contributed by atoms with van der Waals surface area (Å²) in [4.78, 5) is 0. The Morgan fingerprint density at radius 1 is 1.10 bits per heavy atom. The SMILES string of the molecule is [Br-].[CH2-]CCCC[O-].[Cl-].[Mg+2].[Mg+2]. The van der Waals surface area contributed by atoms with Crippen molar-refractivity contribution in [2.75, 3.05) is 6.61 Å². The molecule has 0 spiro atoms. The van der Waals surface area contributed by atoms with Gasteiger partial charge in [0, 0.05) is 0 Å². The van der Waals surface area contributed by atoms with E-state index in [-0.39, 0.29) is 82.1 Å². The molecule has 0 bridgehead atoms. The third-order valence-corrected chi connectivity index (χ3v) is 0.644. The van der Waals surface area contributed by atoms with E-state index in [2.05, 4.69) is 6.92 Å². The molecule has 0 aliphatic heterocycles. The molecule has 0 fully saturated rings. The summed E-state index contributed by atoms with van der Waals surface area (Å²) in [6.45, 7) is 3.65. The summed E-state index contributed by atoms with van der Waals surface area (Å²) in [6.07, 6.45) is 2.69. The molecule has 0 unspecified atom stereocenters. The van der Waals surface area contributed by atoms with Gasteiger partial charge in [-0.25, -0.2) is 0 Å². The normalized spacial score (nSPS) is 5.40. The van der Waals surface area contributed by atoms with Crippen molar-refractivity contribution in [3.8, 4) is 0 Å². The van der Waals surface area contributed by atoms with Gasteiger partial charge in [0.2, 0.25) is 0 Å². The van der Waals surface area contributed by atoms with Crippen LogP contribution in [-0.2, 0) is 0 Å². The quantitative estimate of drug-likeness (QED) is 0.277. The molecule has 1 nitrogen and oxygen atoms in total. The fourth-order valence-electron chi connectivity index (χ4n) is 0.279. The predicted molar refractivity (Wildman–Crippen MR) is 35.6 cm³/mol. The van der Waals surface area contributed by atoms with Crippen LogP contribution in [0.4, 0.5) is 0 Å². The zero-order chi connectivity index (χ0) is 4.83. The summed E-state index contributed by atoms with van der Waals surface area (Å²) in [5, 5.41) is 9.66. The fourth-order valence-corrected chi connectivity index (χ4v) is 0.279. The molecule has 0 saturated heterocycles. The van der Waals surface area contributed by atoms with Crippen LogP contribution >= 0.6 is 0 Å². The molecule has 54 valence electrons. The number of rotatable bonds is 3. The van der Waals surface area contributed by atoms with E-state index in [4.69, 9.17) is 0 Å². The second-order valence-electron chi connectivity index (χ2n) is 1.26. The van der Waals surface area contributed by atoms with Crippen molar-refractivity contribution in [1.82, 2.24) is 0 Å². The summed E-state index contributed by atoms with van der Waals surface area (Å²) in [7, 11) is 0. The van der Waals surface area contributed by atoms with Crippen molar-refractivity contribution in [3.05, 3.63) is 6.92 Å². The van der Waals surface area contributed by atoms with Crippen LogP contribution < -0.4 is 34.5 Å². The van der Waals surface area contributed by atoms with E-state index in [0.29, 0.717) is 0 Å². The smallest absolute Gasteiger partial charge is 1.00 e. The Morgan fingerprint density at radius 2 is 1.50 bits per heavy atom. The van der Waals surface area contributed by atoms with Crippen LogP contribution in [0.5, 0.6) is 0 Å². The monoisotopic (exact) mass is 248 g/mol.